The van der Waals surface area contributed by atoms with Gasteiger partial charge in [0, 0.05) is 95.3 Å². The molecule has 1 rings (SSSR count). The fourth-order valence-electron chi connectivity index (χ4n) is 4.33. The van der Waals surface area contributed by atoms with Crippen LogP contribution >= 0.6 is 0 Å². The Labute approximate surface area is 202 Å². The van der Waals surface area contributed by atoms with Gasteiger partial charge in [0.05, 0.1) is 13.2 Å². The van der Waals surface area contributed by atoms with Crippen LogP contribution in [-0.2, 0) is 53.1 Å². The molecule has 0 N–H and O–H groups in total. The zero-order valence-corrected chi connectivity index (χ0v) is 25.6. The third-order valence-electron chi connectivity index (χ3n) is 6.20. The minimum absolute atomic E-state index is 0.258. The highest BCUT2D eigenvalue weighted by Gasteiger charge is 2.63. The molecular formula is C17H42O12Si4. The SMILES string of the molecule is CO[Si](CC1(C[Si](OC)(OC)OC)C[Si](OC)(OC)OCCO[Si](OC)(OC)C1)(OC)OC. The summed E-state index contributed by atoms with van der Waals surface area (Å²) >= 11 is 0. The molecule has 0 saturated carbocycles. The molecule has 16 heteroatoms. The van der Waals surface area contributed by atoms with Crippen molar-refractivity contribution in [2.75, 3.05) is 84.3 Å². The Morgan fingerprint density at radius 1 is 0.545 bits per heavy atom. The lowest BCUT2D eigenvalue weighted by Crippen LogP contribution is -2.59. The zero-order valence-electron chi connectivity index (χ0n) is 21.6. The van der Waals surface area contributed by atoms with Gasteiger partial charge in [-0.2, -0.15) is 0 Å². The van der Waals surface area contributed by atoms with Crippen LogP contribution in [0.25, 0.3) is 0 Å². The van der Waals surface area contributed by atoms with Gasteiger partial charge in [-0.3, -0.25) is 0 Å². The molecular weight excluding hydrogens is 509 g/mol. The topological polar surface area (TPSA) is 111 Å². The molecule has 1 heterocycles. The molecule has 33 heavy (non-hydrogen) atoms. The second-order valence-electron chi connectivity index (χ2n) is 7.68. The van der Waals surface area contributed by atoms with Crippen LogP contribution in [-0.4, -0.2) is 120 Å². The maximum atomic E-state index is 6.18. The Morgan fingerprint density at radius 2 is 0.818 bits per heavy atom. The Bertz CT molecular complexity index is 492. The summed E-state index contributed by atoms with van der Waals surface area (Å²) in [5, 5.41) is 0. The highest BCUT2D eigenvalue weighted by atomic mass is 28.4. The van der Waals surface area contributed by atoms with Crippen molar-refractivity contribution < 1.29 is 53.1 Å². The van der Waals surface area contributed by atoms with E-state index in [1.807, 2.05) is 0 Å². The molecule has 0 amide bonds. The van der Waals surface area contributed by atoms with Crippen LogP contribution in [0.5, 0.6) is 0 Å². The molecule has 198 valence electrons. The van der Waals surface area contributed by atoms with Crippen LogP contribution in [0.15, 0.2) is 0 Å². The van der Waals surface area contributed by atoms with E-state index < -0.39 is 40.6 Å². The monoisotopic (exact) mass is 550 g/mol. The Morgan fingerprint density at radius 3 is 1.03 bits per heavy atom. The van der Waals surface area contributed by atoms with E-state index >= 15 is 0 Å². The van der Waals surface area contributed by atoms with Crippen molar-refractivity contribution >= 4 is 35.2 Å². The number of hydrogen-bond donors (Lipinski definition) is 0. The van der Waals surface area contributed by atoms with E-state index in [0.29, 0.717) is 24.2 Å². The van der Waals surface area contributed by atoms with Gasteiger partial charge in [0.2, 0.25) is 0 Å². The quantitative estimate of drug-likeness (QED) is 0.290. The van der Waals surface area contributed by atoms with Gasteiger partial charge in [-0.25, -0.2) is 0 Å². The molecule has 1 aliphatic heterocycles. The molecule has 1 saturated heterocycles. The van der Waals surface area contributed by atoms with Crippen LogP contribution in [0, 0.1) is 5.41 Å². The zero-order chi connectivity index (χ0) is 25.2. The molecule has 0 atom stereocenters. The van der Waals surface area contributed by atoms with Gasteiger partial charge in [-0.1, -0.05) is 0 Å². The first-order chi connectivity index (χ1) is 15.6. The standard InChI is InChI=1S/C17H42O12Si4/c1-18-30(19-2,20-3)13-17(14-31(21-4,22-5)23-6)15-32(24-7,25-8)28-11-12-29-33(16-17,26-9)27-10/h11-16H2,1-10H3. The summed E-state index contributed by atoms with van der Waals surface area (Å²) in [5.74, 6) is 0. The van der Waals surface area contributed by atoms with E-state index in [1.165, 1.54) is 0 Å². The first kappa shape index (κ1) is 31.4. The second kappa shape index (κ2) is 13.6. The largest absolute Gasteiger partial charge is 0.501 e. The average Bonchev–Trinajstić information content (AvgIpc) is 2.93. The number of hydrogen-bond acceptors (Lipinski definition) is 12. The van der Waals surface area contributed by atoms with E-state index in [0.717, 1.165) is 0 Å². The predicted molar refractivity (Wildman–Crippen MR) is 127 cm³/mol. The van der Waals surface area contributed by atoms with Gasteiger partial charge >= 0.3 is 35.2 Å². The summed E-state index contributed by atoms with van der Waals surface area (Å²) in [4.78, 5) is 0. The molecule has 0 aromatic carbocycles. The molecule has 0 unspecified atom stereocenters. The molecule has 1 fully saturated rings. The lowest BCUT2D eigenvalue weighted by Gasteiger charge is -2.45. The van der Waals surface area contributed by atoms with E-state index in [9.17, 15) is 0 Å². The molecule has 0 radical (unpaired) electrons. The van der Waals surface area contributed by atoms with Crippen LogP contribution in [0.1, 0.15) is 0 Å². The van der Waals surface area contributed by atoms with Crippen molar-refractivity contribution in [1.29, 1.82) is 0 Å². The van der Waals surface area contributed by atoms with E-state index in [-0.39, 0.29) is 13.2 Å². The van der Waals surface area contributed by atoms with Crippen molar-refractivity contribution in [2.45, 2.75) is 24.2 Å². The Balaban J connectivity index is 3.83. The summed E-state index contributed by atoms with van der Waals surface area (Å²) in [6.45, 7) is 0.516. The van der Waals surface area contributed by atoms with Gasteiger partial charge in [0.15, 0.2) is 0 Å². The second-order valence-corrected chi connectivity index (χ2v) is 19.2. The number of rotatable bonds is 14. The summed E-state index contributed by atoms with van der Waals surface area (Å²) in [6.07, 6.45) is 0. The van der Waals surface area contributed by atoms with Crippen LogP contribution in [0.4, 0.5) is 0 Å². The van der Waals surface area contributed by atoms with Gasteiger partial charge in [0.1, 0.15) is 0 Å². The summed E-state index contributed by atoms with van der Waals surface area (Å²) in [6, 6.07) is 1.38. The van der Waals surface area contributed by atoms with Crippen LogP contribution < -0.4 is 0 Å². The molecule has 0 aromatic rings. The average molecular weight is 551 g/mol. The van der Waals surface area contributed by atoms with Gasteiger partial charge in [-0.05, 0) is 5.41 Å². The molecule has 0 bridgehead atoms. The molecule has 0 aliphatic carbocycles. The van der Waals surface area contributed by atoms with Gasteiger partial charge in [0.25, 0.3) is 0 Å². The minimum atomic E-state index is -3.20. The van der Waals surface area contributed by atoms with Crippen LogP contribution in [0.2, 0.25) is 24.2 Å². The van der Waals surface area contributed by atoms with Crippen molar-refractivity contribution in [2.24, 2.45) is 5.41 Å². The molecule has 12 nitrogen and oxygen atoms in total. The lowest BCUT2D eigenvalue weighted by atomic mass is 9.98. The summed E-state index contributed by atoms with van der Waals surface area (Å²) in [5.41, 5.74) is -0.761. The first-order valence-corrected chi connectivity index (χ1v) is 18.2. The fraction of sp³-hybridized carbons (Fsp3) is 1.00. The minimum Gasteiger partial charge on any atom is -0.377 e. The highest BCUT2D eigenvalue weighted by Crippen LogP contribution is 2.51. The van der Waals surface area contributed by atoms with Gasteiger partial charge < -0.3 is 53.1 Å². The van der Waals surface area contributed by atoms with Gasteiger partial charge in [-0.15, -0.1) is 0 Å². The molecule has 0 aromatic heterocycles. The smallest absolute Gasteiger partial charge is 0.377 e. The normalized spacial score (nSPS) is 21.3. The maximum absolute atomic E-state index is 6.18. The highest BCUT2D eigenvalue weighted by molar-refractivity contribution is 6.66. The predicted octanol–water partition coefficient (Wildman–Crippen LogP) is 1.24. The van der Waals surface area contributed by atoms with E-state index in [4.69, 9.17) is 53.1 Å². The third-order valence-corrected chi connectivity index (χ3v) is 18.4. The summed E-state index contributed by atoms with van der Waals surface area (Å²) < 4.78 is 70.9. The van der Waals surface area contributed by atoms with Crippen molar-refractivity contribution in [3.63, 3.8) is 0 Å². The van der Waals surface area contributed by atoms with E-state index in [2.05, 4.69) is 0 Å². The Kier molecular flexibility index (Phi) is 13.0. The maximum Gasteiger partial charge on any atom is 0.501 e. The molecule has 1 aliphatic rings. The first-order valence-electron chi connectivity index (χ1n) is 10.4. The van der Waals surface area contributed by atoms with Crippen molar-refractivity contribution in [3.8, 4) is 0 Å². The van der Waals surface area contributed by atoms with Crippen molar-refractivity contribution in [1.82, 2.24) is 0 Å². The fourth-order valence-corrected chi connectivity index (χ4v) is 15.2. The summed E-state index contributed by atoms with van der Waals surface area (Å²) in [7, 11) is 2.96. The Hall–Kier alpha value is 0.388. The molecule has 0 spiro atoms. The van der Waals surface area contributed by atoms with Crippen LogP contribution in [0.3, 0.4) is 0 Å². The third kappa shape index (κ3) is 7.44. The lowest BCUT2D eigenvalue weighted by molar-refractivity contribution is 0.0572. The van der Waals surface area contributed by atoms with E-state index in [1.54, 1.807) is 71.1 Å². The van der Waals surface area contributed by atoms with Crippen molar-refractivity contribution in [3.05, 3.63) is 0 Å².